The molecule has 0 amide bonds. The maximum atomic E-state index is 13.5. The summed E-state index contributed by atoms with van der Waals surface area (Å²) in [5.74, 6) is 2.53. The van der Waals surface area contributed by atoms with Crippen LogP contribution in [0.5, 0.6) is 17.2 Å². The number of phenols is 1. The predicted molar refractivity (Wildman–Crippen MR) is 176 cm³/mol. The van der Waals surface area contributed by atoms with Gasteiger partial charge in [0.1, 0.15) is 12.4 Å². The van der Waals surface area contributed by atoms with Crippen molar-refractivity contribution in [3.05, 3.63) is 125 Å². The molecule has 46 heavy (non-hydrogen) atoms. The first-order valence-corrected chi connectivity index (χ1v) is 16.9. The number of phenolic OH excluding ortho intramolecular Hbond substituents is 1. The minimum absolute atomic E-state index is 0.000435. The second-order valence-electron chi connectivity index (χ2n) is 14.3. The molecule has 6 heteroatoms. The number of ether oxygens (including phenoxy) is 2. The van der Waals surface area contributed by atoms with Crippen LogP contribution in [-0.2, 0) is 31.4 Å². The Kier molecular flexibility index (Phi) is 5.63. The van der Waals surface area contributed by atoms with Crippen LogP contribution in [0.25, 0.3) is 10.9 Å². The third kappa shape index (κ3) is 3.66. The topological polar surface area (TPSA) is 67.1 Å². The average molecular weight is 611 g/mol. The number of nitrogens with zero attached hydrogens (tertiary/aromatic N) is 2. The third-order valence-corrected chi connectivity index (χ3v) is 11.8. The van der Waals surface area contributed by atoms with Gasteiger partial charge in [0.2, 0.25) is 0 Å². The number of aromatic nitrogens is 1. The Balaban J connectivity index is 1.19. The van der Waals surface area contributed by atoms with E-state index in [9.17, 15) is 10.2 Å². The smallest absolute Gasteiger partial charge is 0.166 e. The average Bonchev–Trinajstić information content (AvgIpc) is 3.76. The maximum absolute atomic E-state index is 13.5. The molecular formula is C40H38N2O4. The summed E-state index contributed by atoms with van der Waals surface area (Å²) in [6.45, 7) is 3.14. The van der Waals surface area contributed by atoms with Crippen molar-refractivity contribution in [2.75, 3.05) is 13.1 Å². The molecule has 3 aliphatic carbocycles. The van der Waals surface area contributed by atoms with Crippen molar-refractivity contribution in [2.24, 2.45) is 5.92 Å². The van der Waals surface area contributed by atoms with Crippen LogP contribution in [-0.4, -0.2) is 44.4 Å². The number of benzene rings is 4. The molecule has 2 N–H and O–H groups in total. The Hall–Kier alpha value is -4.26. The van der Waals surface area contributed by atoms with Gasteiger partial charge in [-0.15, -0.1) is 0 Å². The van der Waals surface area contributed by atoms with Gasteiger partial charge in [-0.1, -0.05) is 66.7 Å². The fourth-order valence-corrected chi connectivity index (χ4v) is 9.61. The van der Waals surface area contributed by atoms with Crippen molar-refractivity contribution in [1.82, 2.24) is 9.47 Å². The largest absolute Gasteiger partial charge is 0.508 e. The summed E-state index contributed by atoms with van der Waals surface area (Å²) < 4.78 is 16.2. The molecule has 2 aliphatic heterocycles. The van der Waals surface area contributed by atoms with Crippen molar-refractivity contribution < 1.29 is 19.7 Å². The van der Waals surface area contributed by atoms with Gasteiger partial charge in [0.05, 0.1) is 16.7 Å². The van der Waals surface area contributed by atoms with Crippen LogP contribution in [0.1, 0.15) is 58.9 Å². The second-order valence-corrected chi connectivity index (χ2v) is 14.3. The first-order valence-electron chi connectivity index (χ1n) is 16.9. The van der Waals surface area contributed by atoms with Crippen LogP contribution in [0.3, 0.4) is 0 Å². The molecule has 1 saturated carbocycles. The van der Waals surface area contributed by atoms with E-state index in [1.807, 2.05) is 30.3 Å². The highest BCUT2D eigenvalue weighted by Crippen LogP contribution is 2.69. The number of hydrogen-bond donors (Lipinski definition) is 2. The van der Waals surface area contributed by atoms with Crippen LogP contribution < -0.4 is 9.47 Å². The van der Waals surface area contributed by atoms with Gasteiger partial charge in [0.25, 0.3) is 0 Å². The van der Waals surface area contributed by atoms with Gasteiger partial charge in [-0.25, -0.2) is 0 Å². The summed E-state index contributed by atoms with van der Waals surface area (Å²) in [5, 5.41) is 25.2. The molecule has 2 bridgehead atoms. The molecule has 5 aliphatic rings. The monoisotopic (exact) mass is 610 g/mol. The van der Waals surface area contributed by atoms with E-state index < -0.39 is 11.0 Å². The van der Waals surface area contributed by atoms with E-state index in [2.05, 4.69) is 64.1 Å². The number of aromatic hydroxyl groups is 1. The van der Waals surface area contributed by atoms with Crippen LogP contribution >= 0.6 is 0 Å². The summed E-state index contributed by atoms with van der Waals surface area (Å²) in [6, 6.07) is 30.9. The second kappa shape index (κ2) is 9.63. The molecule has 10 rings (SSSR count). The molecule has 4 atom stereocenters. The number of rotatable bonds is 7. The molecule has 1 aromatic heterocycles. The SMILES string of the molecule is Oc1ccc2c(c1)c1c(n2Cc2ccccc2)[C@@H]2Oc3c(OCc4ccccc4)ccc4c3[C@@]23CCN(CC2CC2)[C@H](C4)[C@]3(O)C1. The van der Waals surface area contributed by atoms with Gasteiger partial charge < -0.3 is 24.3 Å². The molecule has 2 fully saturated rings. The first-order chi connectivity index (χ1) is 22.5. The van der Waals surface area contributed by atoms with Crippen LogP contribution in [0, 0.1) is 5.92 Å². The summed E-state index contributed by atoms with van der Waals surface area (Å²) in [6.07, 6.45) is 4.36. The molecule has 5 aromatic rings. The highest BCUT2D eigenvalue weighted by Gasteiger charge is 2.73. The van der Waals surface area contributed by atoms with Crippen LogP contribution in [0.4, 0.5) is 0 Å². The molecule has 1 spiro atoms. The van der Waals surface area contributed by atoms with Gasteiger partial charge in [-0.2, -0.15) is 0 Å². The third-order valence-electron chi connectivity index (χ3n) is 11.8. The van der Waals surface area contributed by atoms with E-state index in [-0.39, 0.29) is 17.9 Å². The Morgan fingerprint density at radius 1 is 0.913 bits per heavy atom. The summed E-state index contributed by atoms with van der Waals surface area (Å²) >= 11 is 0. The lowest BCUT2D eigenvalue weighted by Gasteiger charge is -2.63. The number of likely N-dealkylation sites (tertiary alicyclic amines) is 1. The quantitative estimate of drug-likeness (QED) is 0.215. The molecule has 3 heterocycles. The Morgan fingerprint density at radius 3 is 2.48 bits per heavy atom. The summed E-state index contributed by atoms with van der Waals surface area (Å²) in [7, 11) is 0. The van der Waals surface area contributed by atoms with E-state index >= 15 is 0 Å². The lowest BCUT2D eigenvalue weighted by Crippen LogP contribution is -2.74. The van der Waals surface area contributed by atoms with Crippen molar-refractivity contribution in [1.29, 1.82) is 0 Å². The molecule has 0 unspecified atom stereocenters. The van der Waals surface area contributed by atoms with E-state index in [1.54, 1.807) is 6.07 Å². The minimum atomic E-state index is -1.02. The number of aliphatic hydroxyl groups is 1. The van der Waals surface area contributed by atoms with E-state index in [0.29, 0.717) is 19.6 Å². The van der Waals surface area contributed by atoms with Crippen LogP contribution in [0.2, 0.25) is 0 Å². The molecule has 4 aromatic carbocycles. The molecule has 0 radical (unpaired) electrons. The highest BCUT2D eigenvalue weighted by atomic mass is 16.5. The molecule has 1 saturated heterocycles. The zero-order valence-corrected chi connectivity index (χ0v) is 25.9. The zero-order chi connectivity index (χ0) is 30.6. The van der Waals surface area contributed by atoms with Gasteiger partial charge in [0.15, 0.2) is 17.6 Å². The van der Waals surface area contributed by atoms with Crippen molar-refractivity contribution >= 4 is 10.9 Å². The normalized spacial score (nSPS) is 27.2. The fourth-order valence-electron chi connectivity index (χ4n) is 9.61. The Labute approximate surface area is 268 Å². The summed E-state index contributed by atoms with van der Waals surface area (Å²) in [5.41, 5.74) is 6.44. The number of fused-ring (bicyclic) bond motifs is 4. The van der Waals surface area contributed by atoms with Crippen molar-refractivity contribution in [3.8, 4) is 17.2 Å². The highest BCUT2D eigenvalue weighted by molar-refractivity contribution is 5.88. The Morgan fingerprint density at radius 2 is 1.70 bits per heavy atom. The predicted octanol–water partition coefficient (Wildman–Crippen LogP) is 6.67. The van der Waals surface area contributed by atoms with E-state index in [1.165, 1.54) is 24.0 Å². The van der Waals surface area contributed by atoms with E-state index in [4.69, 9.17) is 9.47 Å². The lowest BCUT2D eigenvalue weighted by atomic mass is 9.49. The molecular weight excluding hydrogens is 572 g/mol. The zero-order valence-electron chi connectivity index (χ0n) is 25.9. The molecule has 6 nitrogen and oxygen atoms in total. The minimum Gasteiger partial charge on any atom is -0.508 e. The number of hydrogen-bond acceptors (Lipinski definition) is 5. The van der Waals surface area contributed by atoms with Gasteiger partial charge in [-0.05, 0) is 84.7 Å². The van der Waals surface area contributed by atoms with Gasteiger partial charge in [0, 0.05) is 42.0 Å². The number of piperidine rings is 1. The van der Waals surface area contributed by atoms with Gasteiger partial charge in [-0.3, -0.25) is 4.90 Å². The lowest BCUT2D eigenvalue weighted by molar-refractivity contribution is -0.173. The maximum Gasteiger partial charge on any atom is 0.166 e. The first kappa shape index (κ1) is 26.9. The van der Waals surface area contributed by atoms with Crippen molar-refractivity contribution in [3.63, 3.8) is 0 Å². The standard InChI is InChI=1S/C40H38N2O4/c43-29-14-15-32-30(20-29)31-21-40(44)34-19-28-13-16-33(45-24-27-9-5-2-6-10-27)37-35(28)39(40,17-18-41(34)22-26-11-12-26)38(46-37)36(31)42(32)23-25-7-3-1-4-8-25/h1-10,13-16,20,26,34,38,43-44H,11-12,17-19,21-24H2/t34-,38+,39+,40-/m1/s1. The van der Waals surface area contributed by atoms with Crippen LogP contribution in [0.15, 0.2) is 91.0 Å². The fraction of sp³-hybridized carbons (Fsp3) is 0.350. The van der Waals surface area contributed by atoms with E-state index in [0.717, 1.165) is 76.6 Å². The van der Waals surface area contributed by atoms with Gasteiger partial charge >= 0.3 is 0 Å². The molecule has 232 valence electrons. The summed E-state index contributed by atoms with van der Waals surface area (Å²) in [4.78, 5) is 2.60. The van der Waals surface area contributed by atoms with Crippen molar-refractivity contribution in [2.45, 2.75) is 68.4 Å². The Bertz CT molecular complexity index is 2000.